The summed E-state index contributed by atoms with van der Waals surface area (Å²) in [6.07, 6.45) is 0. The molecule has 4 heteroatoms. The van der Waals surface area contributed by atoms with Gasteiger partial charge in [-0.3, -0.25) is 0 Å². The summed E-state index contributed by atoms with van der Waals surface area (Å²) in [6.45, 7) is 0. The zero-order chi connectivity index (χ0) is 21.2. The number of benzene rings is 4. The third-order valence-corrected chi connectivity index (χ3v) is 5.49. The normalized spacial score (nSPS) is 10.9. The molecule has 1 heterocycles. The molecule has 0 radical (unpaired) electrons. The maximum absolute atomic E-state index is 5.33. The Morgan fingerprint density at radius 3 is 1.94 bits per heavy atom. The van der Waals surface area contributed by atoms with E-state index in [1.54, 1.807) is 14.2 Å². The Labute approximate surface area is 181 Å². The van der Waals surface area contributed by atoms with E-state index in [1.807, 2.05) is 48.5 Å². The predicted molar refractivity (Wildman–Crippen MR) is 126 cm³/mol. The number of H-pyrrole nitrogens is 1. The maximum Gasteiger partial charge on any atom is 0.139 e. The van der Waals surface area contributed by atoms with Crippen LogP contribution >= 0.6 is 0 Å². The summed E-state index contributed by atoms with van der Waals surface area (Å²) >= 11 is 0. The monoisotopic (exact) mass is 406 g/mol. The average Bonchev–Trinajstić information content (AvgIpc) is 3.29. The van der Waals surface area contributed by atoms with Gasteiger partial charge in [-0.05, 0) is 59.3 Å². The van der Waals surface area contributed by atoms with E-state index in [9.17, 15) is 0 Å². The number of aromatic nitrogens is 2. The molecule has 0 fully saturated rings. The van der Waals surface area contributed by atoms with Gasteiger partial charge < -0.3 is 14.5 Å². The first-order chi connectivity index (χ1) is 15.3. The van der Waals surface area contributed by atoms with Crippen molar-refractivity contribution in [1.29, 1.82) is 0 Å². The largest absolute Gasteiger partial charge is 0.497 e. The quantitative estimate of drug-likeness (QED) is 0.358. The van der Waals surface area contributed by atoms with E-state index in [2.05, 4.69) is 47.4 Å². The molecule has 0 bridgehead atoms. The number of hydrogen-bond donors (Lipinski definition) is 1. The zero-order valence-corrected chi connectivity index (χ0v) is 17.4. The van der Waals surface area contributed by atoms with Gasteiger partial charge in [-0.25, -0.2) is 4.98 Å². The Morgan fingerprint density at radius 1 is 0.645 bits per heavy atom. The summed E-state index contributed by atoms with van der Waals surface area (Å²) in [4.78, 5) is 8.64. The highest BCUT2D eigenvalue weighted by Gasteiger charge is 2.17. The van der Waals surface area contributed by atoms with Crippen LogP contribution in [0.3, 0.4) is 0 Å². The molecule has 1 aromatic heterocycles. The molecule has 0 saturated carbocycles. The molecule has 0 unspecified atom stereocenters. The Morgan fingerprint density at radius 2 is 1.26 bits per heavy atom. The number of fused-ring (bicyclic) bond motifs is 1. The Hall–Kier alpha value is -4.05. The molecule has 152 valence electrons. The second kappa shape index (κ2) is 8.00. The molecule has 5 aromatic rings. The van der Waals surface area contributed by atoms with Crippen molar-refractivity contribution in [3.63, 3.8) is 0 Å². The van der Waals surface area contributed by atoms with Crippen LogP contribution in [0.15, 0.2) is 91.0 Å². The van der Waals surface area contributed by atoms with E-state index in [4.69, 9.17) is 14.5 Å². The van der Waals surface area contributed by atoms with Gasteiger partial charge >= 0.3 is 0 Å². The molecular weight excluding hydrogens is 384 g/mol. The second-order valence-electron chi connectivity index (χ2n) is 7.29. The summed E-state index contributed by atoms with van der Waals surface area (Å²) in [5.74, 6) is 2.48. The summed E-state index contributed by atoms with van der Waals surface area (Å²) in [5.41, 5.74) is 5.01. The molecular formula is C27H22N2O2. The number of hydrogen-bond acceptors (Lipinski definition) is 3. The molecule has 0 aliphatic carbocycles. The lowest BCUT2D eigenvalue weighted by Gasteiger charge is -2.06. The van der Waals surface area contributed by atoms with Crippen molar-refractivity contribution in [3.8, 4) is 45.4 Å². The number of ether oxygens (including phenoxy) is 2. The van der Waals surface area contributed by atoms with Gasteiger partial charge in [0.2, 0.25) is 0 Å². The number of rotatable bonds is 5. The highest BCUT2D eigenvalue weighted by atomic mass is 16.5. The smallest absolute Gasteiger partial charge is 0.139 e. The van der Waals surface area contributed by atoms with E-state index in [0.717, 1.165) is 45.4 Å². The van der Waals surface area contributed by atoms with Crippen LogP contribution in [0.1, 0.15) is 0 Å². The summed E-state index contributed by atoms with van der Waals surface area (Å²) in [6, 6.07) is 30.7. The van der Waals surface area contributed by atoms with E-state index < -0.39 is 0 Å². The lowest BCUT2D eigenvalue weighted by Crippen LogP contribution is -1.87. The molecule has 4 aromatic carbocycles. The molecule has 0 aliphatic rings. The molecule has 0 amide bonds. The standard InChI is InChI=1S/C27H22N2O2/c1-30-21-14-10-19(11-15-21)25-26(20-12-16-22(31-2)17-13-20)29-27(28-25)24-9-5-7-18-6-3-4-8-23(18)24/h3-17H,1-2H3,(H,28,29). The fourth-order valence-electron chi connectivity index (χ4n) is 3.86. The SMILES string of the molecule is COc1ccc(-c2nc(-c3cccc4ccccc34)[nH]c2-c2ccc(OC)cc2)cc1. The molecule has 4 nitrogen and oxygen atoms in total. The number of nitrogens with zero attached hydrogens (tertiary/aromatic N) is 1. The molecule has 1 N–H and O–H groups in total. The number of aromatic amines is 1. The third-order valence-electron chi connectivity index (χ3n) is 5.49. The molecule has 31 heavy (non-hydrogen) atoms. The van der Waals surface area contributed by atoms with E-state index in [0.29, 0.717) is 0 Å². The van der Waals surface area contributed by atoms with Crippen molar-refractivity contribution in [2.24, 2.45) is 0 Å². The van der Waals surface area contributed by atoms with Crippen LogP contribution < -0.4 is 9.47 Å². The molecule has 0 spiro atoms. The van der Waals surface area contributed by atoms with E-state index in [1.165, 1.54) is 10.8 Å². The highest BCUT2D eigenvalue weighted by Crippen LogP contribution is 2.36. The van der Waals surface area contributed by atoms with Crippen molar-refractivity contribution in [2.75, 3.05) is 14.2 Å². The van der Waals surface area contributed by atoms with Crippen LogP contribution in [0.2, 0.25) is 0 Å². The van der Waals surface area contributed by atoms with Crippen LogP contribution in [0.5, 0.6) is 11.5 Å². The van der Waals surface area contributed by atoms with Crippen LogP contribution in [0, 0.1) is 0 Å². The molecule has 0 aliphatic heterocycles. The Kier molecular flexibility index (Phi) is 4.89. The van der Waals surface area contributed by atoms with E-state index >= 15 is 0 Å². The number of nitrogens with one attached hydrogen (secondary N) is 1. The predicted octanol–water partition coefficient (Wildman–Crippen LogP) is 6.58. The first-order valence-electron chi connectivity index (χ1n) is 10.1. The lowest BCUT2D eigenvalue weighted by molar-refractivity contribution is 0.414. The van der Waals surface area contributed by atoms with Gasteiger partial charge in [-0.1, -0.05) is 42.5 Å². The number of imidazole rings is 1. The van der Waals surface area contributed by atoms with Crippen molar-refractivity contribution in [3.05, 3.63) is 91.0 Å². The highest BCUT2D eigenvalue weighted by molar-refractivity contribution is 5.96. The lowest BCUT2D eigenvalue weighted by atomic mass is 10.0. The first-order valence-corrected chi connectivity index (χ1v) is 10.1. The average molecular weight is 406 g/mol. The van der Waals surface area contributed by atoms with E-state index in [-0.39, 0.29) is 0 Å². The van der Waals surface area contributed by atoms with Crippen LogP contribution in [-0.2, 0) is 0 Å². The van der Waals surface area contributed by atoms with Crippen molar-refractivity contribution < 1.29 is 9.47 Å². The minimum atomic E-state index is 0.819. The van der Waals surface area contributed by atoms with Gasteiger partial charge in [0.15, 0.2) is 0 Å². The Bertz CT molecular complexity index is 1270. The fraction of sp³-hybridized carbons (Fsp3) is 0.0741. The molecule has 5 rings (SSSR count). The topological polar surface area (TPSA) is 47.1 Å². The summed E-state index contributed by atoms with van der Waals surface area (Å²) in [7, 11) is 3.34. The van der Waals surface area contributed by atoms with Gasteiger partial charge in [0, 0.05) is 16.7 Å². The van der Waals surface area contributed by atoms with Crippen molar-refractivity contribution >= 4 is 10.8 Å². The van der Waals surface area contributed by atoms with Crippen LogP contribution in [0.25, 0.3) is 44.7 Å². The van der Waals surface area contributed by atoms with Crippen LogP contribution in [-0.4, -0.2) is 24.2 Å². The third kappa shape index (κ3) is 3.53. The Balaban J connectivity index is 1.70. The van der Waals surface area contributed by atoms with Crippen LogP contribution in [0.4, 0.5) is 0 Å². The minimum absolute atomic E-state index is 0.819. The maximum atomic E-state index is 5.33. The van der Waals surface area contributed by atoms with Crippen molar-refractivity contribution in [2.45, 2.75) is 0 Å². The van der Waals surface area contributed by atoms with Gasteiger partial charge in [0.1, 0.15) is 17.3 Å². The zero-order valence-electron chi connectivity index (χ0n) is 17.4. The van der Waals surface area contributed by atoms with Crippen molar-refractivity contribution in [1.82, 2.24) is 9.97 Å². The van der Waals surface area contributed by atoms with Gasteiger partial charge in [0.25, 0.3) is 0 Å². The molecule has 0 atom stereocenters. The summed E-state index contributed by atoms with van der Waals surface area (Å²) < 4.78 is 10.7. The number of methoxy groups -OCH3 is 2. The van der Waals surface area contributed by atoms with Gasteiger partial charge in [-0.2, -0.15) is 0 Å². The minimum Gasteiger partial charge on any atom is -0.497 e. The molecule has 0 saturated heterocycles. The van der Waals surface area contributed by atoms with Gasteiger partial charge in [0.05, 0.1) is 25.6 Å². The fourth-order valence-corrected chi connectivity index (χ4v) is 3.86. The van der Waals surface area contributed by atoms with Gasteiger partial charge in [-0.15, -0.1) is 0 Å². The summed E-state index contributed by atoms with van der Waals surface area (Å²) in [5, 5.41) is 2.36. The first kappa shape index (κ1) is 18.9. The second-order valence-corrected chi connectivity index (χ2v) is 7.29.